The molecule has 32 heavy (non-hydrogen) atoms. The van der Waals surface area contributed by atoms with Gasteiger partial charge in [-0.1, -0.05) is 43.2 Å². The zero-order valence-electron chi connectivity index (χ0n) is 19.5. The van der Waals surface area contributed by atoms with Crippen LogP contribution in [0.2, 0.25) is 0 Å². The van der Waals surface area contributed by atoms with Crippen molar-refractivity contribution in [1.82, 2.24) is 0 Å². The predicted molar refractivity (Wildman–Crippen MR) is 130 cm³/mol. The van der Waals surface area contributed by atoms with Crippen molar-refractivity contribution in [3.05, 3.63) is 60.2 Å². The molecule has 0 bridgehead atoms. The number of hydrogen-bond donors (Lipinski definition) is 3. The van der Waals surface area contributed by atoms with E-state index in [2.05, 4.69) is 48.3 Å². The normalized spacial score (nSPS) is 27.4. The maximum Gasteiger partial charge on any atom is 0.279 e. The molecule has 1 saturated heterocycles. The summed E-state index contributed by atoms with van der Waals surface area (Å²) in [6.45, 7) is 7.56. The summed E-state index contributed by atoms with van der Waals surface area (Å²) < 4.78 is 0. The topological polar surface area (TPSA) is 57.0 Å². The van der Waals surface area contributed by atoms with Crippen LogP contribution in [0.25, 0.3) is 0 Å². The van der Waals surface area contributed by atoms with Crippen molar-refractivity contribution < 1.29 is 14.8 Å². The molecular weight excluding hydrogens is 398 g/mol. The highest BCUT2D eigenvalue weighted by Crippen LogP contribution is 2.44. The molecule has 0 aromatic heterocycles. The smallest absolute Gasteiger partial charge is 0.279 e. The molecule has 2 aromatic rings. The van der Waals surface area contributed by atoms with Gasteiger partial charge in [0.1, 0.15) is 6.04 Å². The summed E-state index contributed by atoms with van der Waals surface area (Å²) in [7, 11) is 0. The van der Waals surface area contributed by atoms with Crippen LogP contribution in [0.15, 0.2) is 54.6 Å². The molecule has 1 amide bonds. The first-order valence-electron chi connectivity index (χ1n) is 12.3. The van der Waals surface area contributed by atoms with Gasteiger partial charge in [-0.3, -0.25) is 4.79 Å². The second-order valence-electron chi connectivity index (χ2n) is 9.45. The number of fused-ring (bicyclic) bond motifs is 1. The lowest BCUT2D eigenvalue weighted by Crippen LogP contribution is -3.16. The Hall–Kier alpha value is -2.37. The van der Waals surface area contributed by atoms with Crippen molar-refractivity contribution >= 4 is 17.3 Å². The minimum atomic E-state index is -0.597. The summed E-state index contributed by atoms with van der Waals surface area (Å²) in [5.74, 6) is 0.237. The average molecular weight is 437 g/mol. The fourth-order valence-electron chi connectivity index (χ4n) is 5.93. The first kappa shape index (κ1) is 22.8. The van der Waals surface area contributed by atoms with Crippen molar-refractivity contribution in [3.8, 4) is 0 Å². The molecule has 4 rings (SSSR count). The molecule has 5 heteroatoms. The molecular formula is C27H38N3O2+. The Morgan fingerprint density at radius 1 is 1.06 bits per heavy atom. The average Bonchev–Trinajstić information content (AvgIpc) is 2.81. The van der Waals surface area contributed by atoms with E-state index in [1.54, 1.807) is 0 Å². The number of quaternary nitrogens is 1. The van der Waals surface area contributed by atoms with Gasteiger partial charge in [-0.05, 0) is 51.0 Å². The summed E-state index contributed by atoms with van der Waals surface area (Å²) in [6, 6.07) is 18.7. The molecule has 2 aromatic carbocycles. The van der Waals surface area contributed by atoms with E-state index in [0.29, 0.717) is 6.54 Å². The fraction of sp³-hybridized carbons (Fsp3) is 0.519. The predicted octanol–water partition coefficient (Wildman–Crippen LogP) is 3.42. The number of piperidine rings is 1. The Kier molecular flexibility index (Phi) is 7.17. The Bertz CT molecular complexity index is 882. The molecule has 2 fully saturated rings. The van der Waals surface area contributed by atoms with E-state index >= 15 is 0 Å². The van der Waals surface area contributed by atoms with E-state index in [-0.39, 0.29) is 17.9 Å². The zero-order chi connectivity index (χ0) is 22.6. The lowest BCUT2D eigenvalue weighted by molar-refractivity contribution is -0.937. The zero-order valence-corrected chi connectivity index (χ0v) is 19.5. The third-order valence-electron chi connectivity index (χ3n) is 7.61. The monoisotopic (exact) mass is 436 g/mol. The SMILES string of the molecule is CCN(CC)c1ccc([C@@H]2[C@H]3CCCC[C@]3(O)CC[NH+]2CC(=O)Nc2ccccc2)cc1. The quantitative estimate of drug-likeness (QED) is 0.623. The Morgan fingerprint density at radius 3 is 2.47 bits per heavy atom. The second-order valence-corrected chi connectivity index (χ2v) is 9.45. The summed E-state index contributed by atoms with van der Waals surface area (Å²) in [6.07, 6.45) is 4.95. The van der Waals surface area contributed by atoms with Crippen LogP contribution in [0.3, 0.4) is 0 Å². The van der Waals surface area contributed by atoms with E-state index in [1.807, 2.05) is 30.3 Å². The highest BCUT2D eigenvalue weighted by molar-refractivity contribution is 5.91. The van der Waals surface area contributed by atoms with E-state index < -0.39 is 5.60 Å². The van der Waals surface area contributed by atoms with Crippen molar-refractivity contribution in [3.63, 3.8) is 0 Å². The molecule has 3 N–H and O–H groups in total. The Balaban J connectivity index is 1.58. The number of amides is 1. The van der Waals surface area contributed by atoms with Crippen LogP contribution in [0.5, 0.6) is 0 Å². The summed E-state index contributed by atoms with van der Waals surface area (Å²) in [5.41, 5.74) is 2.72. The first-order chi connectivity index (χ1) is 15.5. The standard InChI is InChI=1S/C27H37N3O2/c1-3-29(4-2)23-15-13-21(14-16-23)26-24-12-8-9-17-27(24,32)18-19-30(26)20-25(31)28-22-10-6-5-7-11-22/h5-7,10-11,13-16,24,26,32H,3-4,8-9,12,17-20H2,1-2H3,(H,28,31)/p+1/t24-,26-,27+/m1/s1. The molecule has 1 saturated carbocycles. The van der Waals surface area contributed by atoms with Crippen LogP contribution in [-0.2, 0) is 4.79 Å². The molecule has 1 heterocycles. The van der Waals surface area contributed by atoms with Crippen LogP contribution in [0, 0.1) is 5.92 Å². The Labute approximate surface area is 192 Å². The number of benzene rings is 2. The number of rotatable bonds is 7. The lowest BCUT2D eigenvalue weighted by atomic mass is 9.66. The molecule has 1 aliphatic heterocycles. The molecule has 1 unspecified atom stereocenters. The van der Waals surface area contributed by atoms with Crippen molar-refractivity contribution in [1.29, 1.82) is 0 Å². The van der Waals surface area contributed by atoms with Crippen molar-refractivity contribution in [2.24, 2.45) is 5.92 Å². The molecule has 2 aliphatic rings. The van der Waals surface area contributed by atoms with Crippen LogP contribution >= 0.6 is 0 Å². The van der Waals surface area contributed by atoms with Gasteiger partial charge in [0.05, 0.1) is 12.1 Å². The summed E-state index contributed by atoms with van der Waals surface area (Å²) in [4.78, 5) is 16.5. The van der Waals surface area contributed by atoms with Crippen LogP contribution < -0.4 is 15.1 Å². The van der Waals surface area contributed by atoms with Gasteiger partial charge < -0.3 is 20.2 Å². The van der Waals surface area contributed by atoms with E-state index in [9.17, 15) is 9.90 Å². The highest BCUT2D eigenvalue weighted by Gasteiger charge is 2.51. The number of nitrogens with one attached hydrogen (secondary N) is 2. The van der Waals surface area contributed by atoms with Gasteiger partial charge in [-0.25, -0.2) is 0 Å². The van der Waals surface area contributed by atoms with Crippen LogP contribution in [0.1, 0.15) is 57.6 Å². The maximum atomic E-state index is 12.9. The number of aliphatic hydroxyl groups is 1. The number of likely N-dealkylation sites (tertiary alicyclic amines) is 1. The molecule has 5 nitrogen and oxygen atoms in total. The van der Waals surface area contributed by atoms with Gasteiger partial charge in [-0.2, -0.15) is 0 Å². The minimum absolute atomic E-state index is 0.0391. The highest BCUT2D eigenvalue weighted by atomic mass is 16.3. The van der Waals surface area contributed by atoms with Gasteiger partial charge >= 0.3 is 0 Å². The van der Waals surface area contributed by atoms with Gasteiger partial charge in [0, 0.05) is 42.4 Å². The number of anilines is 2. The molecule has 172 valence electrons. The number of hydrogen-bond acceptors (Lipinski definition) is 3. The third-order valence-corrected chi connectivity index (χ3v) is 7.61. The van der Waals surface area contributed by atoms with E-state index in [1.165, 1.54) is 16.2 Å². The molecule has 0 spiro atoms. The Morgan fingerprint density at radius 2 is 1.78 bits per heavy atom. The van der Waals surface area contributed by atoms with Gasteiger partial charge in [-0.15, -0.1) is 0 Å². The van der Waals surface area contributed by atoms with Gasteiger partial charge in [0.15, 0.2) is 6.54 Å². The van der Waals surface area contributed by atoms with E-state index in [4.69, 9.17) is 0 Å². The van der Waals surface area contributed by atoms with E-state index in [0.717, 1.165) is 57.4 Å². The van der Waals surface area contributed by atoms with Crippen molar-refractivity contribution in [2.75, 3.05) is 36.4 Å². The number of para-hydroxylation sites is 1. The largest absolute Gasteiger partial charge is 0.389 e. The molecule has 4 atom stereocenters. The number of carbonyl (C=O) groups excluding carboxylic acids is 1. The fourth-order valence-corrected chi connectivity index (χ4v) is 5.93. The summed E-state index contributed by atoms with van der Waals surface area (Å²) >= 11 is 0. The van der Waals surface area contributed by atoms with Gasteiger partial charge in [0.2, 0.25) is 0 Å². The second kappa shape index (κ2) is 10.1. The number of carbonyl (C=O) groups is 1. The lowest BCUT2D eigenvalue weighted by Gasteiger charge is -2.50. The molecule has 0 radical (unpaired) electrons. The molecule has 1 aliphatic carbocycles. The van der Waals surface area contributed by atoms with Gasteiger partial charge in [0.25, 0.3) is 5.91 Å². The minimum Gasteiger partial charge on any atom is -0.389 e. The first-order valence-corrected chi connectivity index (χ1v) is 12.3. The van der Waals surface area contributed by atoms with Crippen LogP contribution in [0.4, 0.5) is 11.4 Å². The maximum absolute atomic E-state index is 12.9. The third kappa shape index (κ3) is 4.84. The van der Waals surface area contributed by atoms with Crippen LogP contribution in [-0.4, -0.2) is 42.8 Å². The van der Waals surface area contributed by atoms with Crippen molar-refractivity contribution in [2.45, 2.75) is 57.6 Å². The number of nitrogens with zero attached hydrogens (tertiary/aromatic N) is 1. The summed E-state index contributed by atoms with van der Waals surface area (Å²) in [5, 5.41) is 14.6.